The van der Waals surface area contributed by atoms with E-state index in [1.807, 2.05) is 18.2 Å². The van der Waals surface area contributed by atoms with E-state index in [0.717, 1.165) is 12.0 Å². The van der Waals surface area contributed by atoms with Crippen molar-refractivity contribution in [1.29, 1.82) is 0 Å². The number of carboxylic acid groups (broad SMARTS) is 1. The van der Waals surface area contributed by atoms with E-state index in [1.165, 1.54) is 5.56 Å². The summed E-state index contributed by atoms with van der Waals surface area (Å²) >= 11 is 0. The van der Waals surface area contributed by atoms with Gasteiger partial charge in [0.1, 0.15) is 0 Å². The van der Waals surface area contributed by atoms with E-state index in [2.05, 4.69) is 11.4 Å². The van der Waals surface area contributed by atoms with Crippen molar-refractivity contribution < 1.29 is 19.5 Å². The van der Waals surface area contributed by atoms with Crippen LogP contribution in [0.2, 0.25) is 0 Å². The number of carbonyl (C=O) groups excluding carboxylic acids is 2. The van der Waals surface area contributed by atoms with Crippen LogP contribution in [-0.4, -0.2) is 59.0 Å². The van der Waals surface area contributed by atoms with Gasteiger partial charge in [0.15, 0.2) is 0 Å². The Morgan fingerprint density at radius 3 is 2.40 bits per heavy atom. The first-order valence-electron chi connectivity index (χ1n) is 8.64. The van der Waals surface area contributed by atoms with Crippen LogP contribution in [0, 0.1) is 5.92 Å². The fourth-order valence-electron chi connectivity index (χ4n) is 3.42. The van der Waals surface area contributed by atoms with Crippen molar-refractivity contribution in [1.82, 2.24) is 15.1 Å². The molecule has 1 saturated heterocycles. The molecule has 25 heavy (non-hydrogen) atoms. The molecular formula is C18H23N3O4. The zero-order valence-electron chi connectivity index (χ0n) is 14.1. The highest BCUT2D eigenvalue weighted by molar-refractivity contribution is 5.84. The lowest BCUT2D eigenvalue weighted by molar-refractivity contribution is -0.145. The number of nitrogens with one attached hydrogen (secondary N) is 1. The van der Waals surface area contributed by atoms with Gasteiger partial charge in [0.05, 0.1) is 12.5 Å². The molecule has 1 fully saturated rings. The zero-order chi connectivity index (χ0) is 17.8. The molecule has 0 spiro atoms. The minimum atomic E-state index is -0.800. The minimum absolute atomic E-state index is 0.0469. The number of amides is 3. The van der Waals surface area contributed by atoms with Gasteiger partial charge in [-0.2, -0.15) is 0 Å². The number of carboxylic acids is 1. The zero-order valence-corrected chi connectivity index (χ0v) is 14.1. The van der Waals surface area contributed by atoms with E-state index in [9.17, 15) is 14.4 Å². The molecule has 2 aliphatic rings. The van der Waals surface area contributed by atoms with Crippen LogP contribution in [-0.2, 0) is 22.6 Å². The first kappa shape index (κ1) is 17.3. The Bertz CT molecular complexity index is 668. The molecule has 1 aromatic rings. The van der Waals surface area contributed by atoms with Crippen molar-refractivity contribution in [3.63, 3.8) is 0 Å². The smallest absolute Gasteiger partial charge is 0.318 e. The average Bonchev–Trinajstić information content (AvgIpc) is 2.65. The van der Waals surface area contributed by atoms with Gasteiger partial charge in [-0.1, -0.05) is 24.3 Å². The third kappa shape index (κ3) is 4.10. The maximum Gasteiger partial charge on any atom is 0.318 e. The number of rotatable bonds is 3. The normalized spacial score (nSPS) is 17.8. The molecule has 0 bridgehead atoms. The van der Waals surface area contributed by atoms with Crippen molar-refractivity contribution >= 4 is 17.9 Å². The Labute approximate surface area is 146 Å². The Hall–Kier alpha value is -2.57. The SMILES string of the molecule is O=C(O)C1CCN(C(=O)CNC(=O)N2CCc3ccccc3C2)CC1. The summed E-state index contributed by atoms with van der Waals surface area (Å²) in [6.45, 7) is 2.02. The number of hydrogen-bond acceptors (Lipinski definition) is 3. The Morgan fingerprint density at radius 1 is 1.04 bits per heavy atom. The van der Waals surface area contributed by atoms with Crippen LogP contribution >= 0.6 is 0 Å². The van der Waals surface area contributed by atoms with Crippen molar-refractivity contribution in [3.8, 4) is 0 Å². The maximum atomic E-state index is 12.3. The van der Waals surface area contributed by atoms with Crippen LogP contribution in [0.3, 0.4) is 0 Å². The highest BCUT2D eigenvalue weighted by Crippen LogP contribution is 2.19. The third-order valence-corrected chi connectivity index (χ3v) is 5.01. The van der Waals surface area contributed by atoms with E-state index >= 15 is 0 Å². The second-order valence-corrected chi connectivity index (χ2v) is 6.59. The molecule has 3 rings (SSSR count). The van der Waals surface area contributed by atoms with Crippen LogP contribution in [0.25, 0.3) is 0 Å². The largest absolute Gasteiger partial charge is 0.481 e. The molecule has 7 nitrogen and oxygen atoms in total. The van der Waals surface area contributed by atoms with Crippen molar-refractivity contribution in [2.24, 2.45) is 5.92 Å². The number of likely N-dealkylation sites (tertiary alicyclic amines) is 1. The maximum absolute atomic E-state index is 12.3. The second kappa shape index (κ2) is 7.55. The molecule has 2 aliphatic heterocycles. The van der Waals surface area contributed by atoms with Crippen LogP contribution in [0.15, 0.2) is 24.3 Å². The summed E-state index contributed by atoms with van der Waals surface area (Å²) in [6, 6.07) is 7.83. The third-order valence-electron chi connectivity index (χ3n) is 5.01. The summed E-state index contributed by atoms with van der Waals surface area (Å²) in [5.74, 6) is -1.33. The standard InChI is InChI=1S/C18H23N3O4/c22-16(20-8-6-14(7-9-20)17(23)24)11-19-18(25)21-10-5-13-3-1-2-4-15(13)12-21/h1-4,14H,5-12H2,(H,19,25)(H,23,24). The molecule has 0 atom stereocenters. The van der Waals surface area contributed by atoms with Gasteiger partial charge in [0, 0.05) is 26.2 Å². The number of aliphatic carboxylic acids is 1. The number of benzene rings is 1. The van der Waals surface area contributed by atoms with Crippen LogP contribution in [0.1, 0.15) is 24.0 Å². The molecule has 0 aromatic heterocycles. The summed E-state index contributed by atoms with van der Waals surface area (Å²) < 4.78 is 0. The van der Waals surface area contributed by atoms with Crippen molar-refractivity contribution in [3.05, 3.63) is 35.4 Å². The predicted octanol–water partition coefficient (Wildman–Crippen LogP) is 1.08. The molecule has 134 valence electrons. The number of nitrogens with zero attached hydrogens (tertiary/aromatic N) is 2. The van der Waals surface area contributed by atoms with Gasteiger partial charge < -0.3 is 20.2 Å². The number of piperidine rings is 1. The molecule has 3 amide bonds. The molecule has 0 aliphatic carbocycles. The molecule has 0 unspecified atom stereocenters. The molecule has 2 heterocycles. The van der Waals surface area contributed by atoms with Crippen LogP contribution in [0.4, 0.5) is 4.79 Å². The molecule has 2 N–H and O–H groups in total. The number of carbonyl (C=O) groups is 3. The summed E-state index contributed by atoms with van der Waals surface area (Å²) in [5.41, 5.74) is 2.41. The van der Waals surface area contributed by atoms with Crippen molar-refractivity contribution in [2.45, 2.75) is 25.8 Å². The van der Waals surface area contributed by atoms with E-state index < -0.39 is 5.97 Å². The van der Waals surface area contributed by atoms with Gasteiger partial charge in [-0.05, 0) is 30.4 Å². The molecule has 7 heteroatoms. The van der Waals surface area contributed by atoms with Gasteiger partial charge in [0.25, 0.3) is 0 Å². The van der Waals surface area contributed by atoms with Gasteiger partial charge in [0.2, 0.25) is 5.91 Å². The Balaban J connectivity index is 1.45. The average molecular weight is 345 g/mol. The summed E-state index contributed by atoms with van der Waals surface area (Å²) in [7, 11) is 0. The van der Waals surface area contributed by atoms with E-state index in [1.54, 1.807) is 9.80 Å². The van der Waals surface area contributed by atoms with E-state index in [-0.39, 0.29) is 24.4 Å². The number of fused-ring (bicyclic) bond motifs is 1. The van der Waals surface area contributed by atoms with Crippen LogP contribution < -0.4 is 5.32 Å². The van der Waals surface area contributed by atoms with Gasteiger partial charge in [-0.15, -0.1) is 0 Å². The fourth-order valence-corrected chi connectivity index (χ4v) is 3.42. The second-order valence-electron chi connectivity index (χ2n) is 6.59. The Kier molecular flexibility index (Phi) is 5.21. The first-order valence-corrected chi connectivity index (χ1v) is 8.64. The molecule has 0 radical (unpaired) electrons. The topological polar surface area (TPSA) is 90.0 Å². The lowest BCUT2D eigenvalue weighted by Gasteiger charge is -2.31. The van der Waals surface area contributed by atoms with Gasteiger partial charge >= 0.3 is 12.0 Å². The number of urea groups is 1. The minimum Gasteiger partial charge on any atom is -0.481 e. The Morgan fingerprint density at radius 2 is 1.72 bits per heavy atom. The van der Waals surface area contributed by atoms with Gasteiger partial charge in [-0.25, -0.2) is 4.79 Å². The van der Waals surface area contributed by atoms with Gasteiger partial charge in [-0.3, -0.25) is 9.59 Å². The van der Waals surface area contributed by atoms with E-state index in [4.69, 9.17) is 5.11 Å². The van der Waals surface area contributed by atoms with E-state index in [0.29, 0.717) is 39.0 Å². The lowest BCUT2D eigenvalue weighted by Crippen LogP contribution is -2.48. The summed E-state index contributed by atoms with van der Waals surface area (Å²) in [6.07, 6.45) is 1.76. The quantitative estimate of drug-likeness (QED) is 0.858. The molecule has 0 saturated carbocycles. The molecule has 1 aromatic carbocycles. The lowest BCUT2D eigenvalue weighted by atomic mass is 9.97. The van der Waals surface area contributed by atoms with Crippen LogP contribution in [0.5, 0.6) is 0 Å². The predicted molar refractivity (Wildman–Crippen MR) is 90.9 cm³/mol. The van der Waals surface area contributed by atoms with Crippen molar-refractivity contribution in [2.75, 3.05) is 26.2 Å². The number of hydrogen-bond donors (Lipinski definition) is 2. The first-order chi connectivity index (χ1) is 12.0. The highest BCUT2D eigenvalue weighted by Gasteiger charge is 2.27. The molecular weight excluding hydrogens is 322 g/mol. The fraction of sp³-hybridized carbons (Fsp3) is 0.500. The summed E-state index contributed by atoms with van der Waals surface area (Å²) in [4.78, 5) is 38.8. The monoisotopic (exact) mass is 345 g/mol. The summed E-state index contributed by atoms with van der Waals surface area (Å²) in [5, 5.41) is 11.7. The highest BCUT2D eigenvalue weighted by atomic mass is 16.4.